The Morgan fingerprint density at radius 2 is 1.87 bits per heavy atom. The van der Waals surface area contributed by atoms with Gasteiger partial charge in [-0.25, -0.2) is 0 Å². The number of amides is 1. The van der Waals surface area contributed by atoms with Crippen LogP contribution < -0.4 is 5.32 Å². The highest BCUT2D eigenvalue weighted by molar-refractivity contribution is 5.78. The summed E-state index contributed by atoms with van der Waals surface area (Å²) in [5.74, 6) is 0.161. The molecule has 1 aromatic rings. The summed E-state index contributed by atoms with van der Waals surface area (Å²) in [5, 5.41) is 3.04. The van der Waals surface area contributed by atoms with Gasteiger partial charge in [0, 0.05) is 5.92 Å². The molecule has 0 aromatic heterocycles. The first-order chi connectivity index (χ1) is 7.15. The molecule has 0 radical (unpaired) electrons. The van der Waals surface area contributed by atoms with E-state index in [4.69, 9.17) is 0 Å². The SMILES string of the molecule is CCC(NC(=O)C(C)C)c1ccccc1. The molecule has 1 atom stereocenters. The minimum atomic E-state index is 0.0442. The molecule has 2 heteroatoms. The highest BCUT2D eigenvalue weighted by Gasteiger charge is 2.14. The van der Waals surface area contributed by atoms with Crippen molar-refractivity contribution in [3.63, 3.8) is 0 Å². The van der Waals surface area contributed by atoms with Crippen LogP contribution in [0.4, 0.5) is 0 Å². The van der Waals surface area contributed by atoms with Crippen molar-refractivity contribution in [3.05, 3.63) is 35.9 Å². The Kier molecular flexibility index (Phi) is 4.35. The molecule has 0 heterocycles. The van der Waals surface area contributed by atoms with E-state index in [0.717, 1.165) is 6.42 Å². The van der Waals surface area contributed by atoms with Crippen LogP contribution in [0, 0.1) is 5.92 Å². The predicted octanol–water partition coefficient (Wildman–Crippen LogP) is 2.91. The fourth-order valence-electron chi connectivity index (χ4n) is 1.44. The van der Waals surface area contributed by atoms with Gasteiger partial charge in [-0.2, -0.15) is 0 Å². The first-order valence-electron chi connectivity index (χ1n) is 5.50. The molecule has 2 nitrogen and oxygen atoms in total. The molecule has 0 bridgehead atoms. The normalized spacial score (nSPS) is 12.5. The summed E-state index contributed by atoms with van der Waals surface area (Å²) in [5.41, 5.74) is 1.18. The van der Waals surface area contributed by atoms with Crippen LogP contribution >= 0.6 is 0 Å². The third kappa shape index (κ3) is 3.39. The van der Waals surface area contributed by atoms with Crippen LogP contribution in [0.2, 0.25) is 0 Å². The molecule has 0 saturated carbocycles. The van der Waals surface area contributed by atoms with Crippen LogP contribution in [0.5, 0.6) is 0 Å². The lowest BCUT2D eigenvalue weighted by Crippen LogP contribution is -2.31. The van der Waals surface area contributed by atoms with Gasteiger partial charge in [0.05, 0.1) is 6.04 Å². The molecule has 1 aromatic carbocycles. The Morgan fingerprint density at radius 1 is 1.27 bits per heavy atom. The number of carbonyl (C=O) groups excluding carboxylic acids is 1. The predicted molar refractivity (Wildman–Crippen MR) is 62.5 cm³/mol. The van der Waals surface area contributed by atoms with Crippen molar-refractivity contribution in [2.24, 2.45) is 5.92 Å². The van der Waals surface area contributed by atoms with Crippen molar-refractivity contribution < 1.29 is 4.79 Å². The smallest absolute Gasteiger partial charge is 0.223 e. The lowest BCUT2D eigenvalue weighted by Gasteiger charge is -2.18. The van der Waals surface area contributed by atoms with Crippen molar-refractivity contribution in [1.82, 2.24) is 5.32 Å². The summed E-state index contributed by atoms with van der Waals surface area (Å²) in [6.07, 6.45) is 0.919. The van der Waals surface area contributed by atoms with Crippen LogP contribution in [0.25, 0.3) is 0 Å². The van der Waals surface area contributed by atoms with Crippen LogP contribution in [0.3, 0.4) is 0 Å². The third-order valence-corrected chi connectivity index (χ3v) is 2.45. The van der Waals surface area contributed by atoms with Gasteiger partial charge in [0.1, 0.15) is 0 Å². The summed E-state index contributed by atoms with van der Waals surface area (Å²) in [7, 11) is 0. The van der Waals surface area contributed by atoms with Crippen LogP contribution in [-0.4, -0.2) is 5.91 Å². The second-order valence-electron chi connectivity index (χ2n) is 4.03. The Balaban J connectivity index is 2.69. The molecule has 0 spiro atoms. The van der Waals surface area contributed by atoms with Gasteiger partial charge in [0.25, 0.3) is 0 Å². The molecule has 82 valence electrons. The fraction of sp³-hybridized carbons (Fsp3) is 0.462. The lowest BCUT2D eigenvalue weighted by atomic mass is 10.0. The summed E-state index contributed by atoms with van der Waals surface area (Å²) >= 11 is 0. The van der Waals surface area contributed by atoms with E-state index in [9.17, 15) is 4.79 Å². The molecule has 0 saturated heterocycles. The highest BCUT2D eigenvalue weighted by Crippen LogP contribution is 2.16. The molecule has 15 heavy (non-hydrogen) atoms. The number of hydrogen-bond donors (Lipinski definition) is 1. The van der Waals surface area contributed by atoms with E-state index in [1.807, 2.05) is 32.0 Å². The largest absolute Gasteiger partial charge is 0.349 e. The van der Waals surface area contributed by atoms with Gasteiger partial charge in [0.2, 0.25) is 5.91 Å². The van der Waals surface area contributed by atoms with E-state index in [-0.39, 0.29) is 17.9 Å². The summed E-state index contributed by atoms with van der Waals surface area (Å²) in [6.45, 7) is 5.90. The van der Waals surface area contributed by atoms with E-state index < -0.39 is 0 Å². The van der Waals surface area contributed by atoms with Gasteiger partial charge in [-0.15, -0.1) is 0 Å². The Bertz CT molecular complexity index is 306. The maximum absolute atomic E-state index is 11.6. The topological polar surface area (TPSA) is 29.1 Å². The number of nitrogens with one attached hydrogen (secondary N) is 1. The minimum absolute atomic E-state index is 0.0442. The standard InChI is InChI=1S/C13H19NO/c1-4-12(14-13(15)10(2)3)11-8-6-5-7-9-11/h5-10,12H,4H2,1-3H3,(H,14,15). The monoisotopic (exact) mass is 205 g/mol. The van der Waals surface area contributed by atoms with Crippen molar-refractivity contribution in [3.8, 4) is 0 Å². The molecule has 0 aliphatic carbocycles. The van der Waals surface area contributed by atoms with Crippen molar-refractivity contribution in [2.45, 2.75) is 33.2 Å². The van der Waals surface area contributed by atoms with Gasteiger partial charge in [-0.1, -0.05) is 51.1 Å². The van der Waals surface area contributed by atoms with Crippen molar-refractivity contribution in [1.29, 1.82) is 0 Å². The first kappa shape index (κ1) is 11.8. The molecular formula is C13H19NO. The maximum Gasteiger partial charge on any atom is 0.223 e. The average molecular weight is 205 g/mol. The van der Waals surface area contributed by atoms with Gasteiger partial charge < -0.3 is 5.32 Å². The third-order valence-electron chi connectivity index (χ3n) is 2.45. The summed E-state index contributed by atoms with van der Waals surface area (Å²) in [4.78, 5) is 11.6. The van der Waals surface area contributed by atoms with E-state index in [1.54, 1.807) is 0 Å². The molecule has 1 amide bonds. The molecule has 1 N–H and O–H groups in total. The quantitative estimate of drug-likeness (QED) is 0.804. The number of rotatable bonds is 4. The number of hydrogen-bond acceptors (Lipinski definition) is 1. The zero-order valence-corrected chi connectivity index (χ0v) is 9.66. The number of carbonyl (C=O) groups is 1. The highest BCUT2D eigenvalue weighted by atomic mass is 16.1. The average Bonchev–Trinajstić information content (AvgIpc) is 2.26. The summed E-state index contributed by atoms with van der Waals surface area (Å²) in [6, 6.07) is 10.2. The van der Waals surface area contributed by atoms with Crippen LogP contribution in [0.15, 0.2) is 30.3 Å². The van der Waals surface area contributed by atoms with E-state index in [1.165, 1.54) is 5.56 Å². The zero-order valence-electron chi connectivity index (χ0n) is 9.66. The second-order valence-corrected chi connectivity index (χ2v) is 4.03. The molecule has 1 rings (SSSR count). The van der Waals surface area contributed by atoms with Gasteiger partial charge >= 0.3 is 0 Å². The maximum atomic E-state index is 11.6. The molecule has 0 aliphatic rings. The Labute approximate surface area is 91.7 Å². The minimum Gasteiger partial charge on any atom is -0.349 e. The zero-order chi connectivity index (χ0) is 11.3. The van der Waals surface area contributed by atoms with Crippen LogP contribution in [0.1, 0.15) is 38.8 Å². The van der Waals surface area contributed by atoms with Crippen molar-refractivity contribution in [2.75, 3.05) is 0 Å². The van der Waals surface area contributed by atoms with Crippen LogP contribution in [-0.2, 0) is 4.79 Å². The molecular weight excluding hydrogens is 186 g/mol. The van der Waals surface area contributed by atoms with Crippen molar-refractivity contribution >= 4 is 5.91 Å². The van der Waals surface area contributed by atoms with Gasteiger partial charge in [0.15, 0.2) is 0 Å². The fourth-order valence-corrected chi connectivity index (χ4v) is 1.44. The van der Waals surface area contributed by atoms with Gasteiger partial charge in [-0.3, -0.25) is 4.79 Å². The molecule has 0 fully saturated rings. The van der Waals surface area contributed by atoms with E-state index in [2.05, 4.69) is 24.4 Å². The number of benzene rings is 1. The molecule has 0 aliphatic heterocycles. The second kappa shape index (κ2) is 5.54. The van der Waals surface area contributed by atoms with E-state index >= 15 is 0 Å². The van der Waals surface area contributed by atoms with Gasteiger partial charge in [-0.05, 0) is 12.0 Å². The van der Waals surface area contributed by atoms with E-state index in [0.29, 0.717) is 0 Å². The first-order valence-corrected chi connectivity index (χ1v) is 5.50. The summed E-state index contributed by atoms with van der Waals surface area (Å²) < 4.78 is 0. The Morgan fingerprint density at radius 3 is 2.33 bits per heavy atom. The Hall–Kier alpha value is -1.31. The molecule has 1 unspecified atom stereocenters. The lowest BCUT2D eigenvalue weighted by molar-refractivity contribution is -0.124.